The van der Waals surface area contributed by atoms with Gasteiger partial charge in [0.15, 0.2) is 0 Å². The largest absolute Gasteiger partial charge is 0.397 e. The lowest BCUT2D eigenvalue weighted by molar-refractivity contribution is 0.318. The van der Waals surface area contributed by atoms with Gasteiger partial charge in [-0.05, 0) is 6.92 Å². The van der Waals surface area contributed by atoms with Gasteiger partial charge in [0, 0.05) is 13.2 Å². The molecule has 0 saturated carbocycles. The van der Waals surface area contributed by atoms with Crippen molar-refractivity contribution in [2.45, 2.75) is 6.92 Å². The van der Waals surface area contributed by atoms with Crippen LogP contribution in [0, 0.1) is 11.8 Å². The van der Waals surface area contributed by atoms with Gasteiger partial charge < -0.3 is 5.11 Å². The first-order chi connectivity index (χ1) is 3.41. The summed E-state index contributed by atoms with van der Waals surface area (Å²) in [5, 5.41) is 14.1. The molecule has 4 heteroatoms. The first-order valence-electron chi connectivity index (χ1n) is 1.61. The highest BCUT2D eigenvalue weighted by atomic mass is 16.2. The molecule has 0 rings (SSSR count). The third kappa shape index (κ3) is 154. The van der Waals surface area contributed by atoms with E-state index in [0.717, 1.165) is 0 Å². The third-order valence-corrected chi connectivity index (χ3v) is 0. The third-order valence-electron chi connectivity index (χ3n) is 0. The minimum atomic E-state index is 0.250. The summed E-state index contributed by atoms with van der Waals surface area (Å²) in [4.78, 5) is 0. The fourth-order valence-electron chi connectivity index (χ4n) is 0. The number of nitrogens with zero attached hydrogens (tertiary/aromatic N) is 1. The van der Waals surface area contributed by atoms with E-state index in [4.69, 9.17) is 10.4 Å². The summed E-state index contributed by atoms with van der Waals surface area (Å²) in [7, 11) is 0. The SMILES string of the molecule is C#N.CCO.NN. The molecule has 0 aromatic heterocycles. The van der Waals surface area contributed by atoms with Crippen molar-refractivity contribution in [3.05, 3.63) is 0 Å². The van der Waals surface area contributed by atoms with Gasteiger partial charge in [-0.15, -0.1) is 0 Å². The van der Waals surface area contributed by atoms with Crippen molar-refractivity contribution in [2.24, 2.45) is 11.7 Å². The van der Waals surface area contributed by atoms with Crippen LogP contribution in [0.3, 0.4) is 0 Å². The highest BCUT2D eigenvalue weighted by Gasteiger charge is 1.34. The van der Waals surface area contributed by atoms with Gasteiger partial charge in [-0.2, -0.15) is 0 Å². The molecule has 0 fully saturated rings. The Balaban J connectivity index is -0.0000000360. The normalized spacial score (nSPS) is 3.71. The van der Waals surface area contributed by atoms with Gasteiger partial charge in [-0.1, -0.05) is 0 Å². The Morgan fingerprint density at radius 2 is 1.57 bits per heavy atom. The van der Waals surface area contributed by atoms with Crippen molar-refractivity contribution in [1.29, 1.82) is 5.26 Å². The molecule has 0 aliphatic carbocycles. The van der Waals surface area contributed by atoms with E-state index in [0.29, 0.717) is 0 Å². The van der Waals surface area contributed by atoms with E-state index in [2.05, 4.69) is 18.3 Å². The van der Waals surface area contributed by atoms with E-state index in [1.54, 1.807) is 6.92 Å². The summed E-state index contributed by atoms with van der Waals surface area (Å²) in [6, 6.07) is 0. The van der Waals surface area contributed by atoms with Gasteiger partial charge in [0.05, 0.1) is 0 Å². The zero-order valence-corrected chi connectivity index (χ0v) is 4.33. The van der Waals surface area contributed by atoms with E-state index < -0.39 is 0 Å². The molecule has 0 radical (unpaired) electrons. The van der Waals surface area contributed by atoms with Crippen molar-refractivity contribution < 1.29 is 5.11 Å². The van der Waals surface area contributed by atoms with Crippen molar-refractivity contribution in [3.8, 4) is 6.57 Å². The maximum absolute atomic E-state index is 7.57. The van der Waals surface area contributed by atoms with Crippen LogP contribution >= 0.6 is 0 Å². The summed E-state index contributed by atoms with van der Waals surface area (Å²) >= 11 is 0. The van der Waals surface area contributed by atoms with Gasteiger partial charge in [-0.25, -0.2) is 5.26 Å². The van der Waals surface area contributed by atoms with E-state index in [1.165, 1.54) is 0 Å². The Hall–Kier alpha value is -0.630. The van der Waals surface area contributed by atoms with Crippen molar-refractivity contribution >= 4 is 0 Å². The van der Waals surface area contributed by atoms with Crippen molar-refractivity contribution in [3.63, 3.8) is 0 Å². The molecule has 5 N–H and O–H groups in total. The van der Waals surface area contributed by atoms with Crippen LogP contribution in [0.15, 0.2) is 0 Å². The molecule has 0 amide bonds. The molecule has 44 valence electrons. The number of hydrogen-bond acceptors (Lipinski definition) is 4. The van der Waals surface area contributed by atoms with Crippen molar-refractivity contribution in [1.82, 2.24) is 0 Å². The van der Waals surface area contributed by atoms with Crippen LogP contribution in [-0.4, -0.2) is 11.7 Å². The fourth-order valence-corrected chi connectivity index (χ4v) is 0. The second kappa shape index (κ2) is 749. The molecule has 0 aromatic carbocycles. The van der Waals surface area contributed by atoms with Crippen LogP contribution in [0.5, 0.6) is 0 Å². The molecular formula is C3H11N3O. The Bertz CT molecular complexity index is 21.4. The average molecular weight is 105 g/mol. The lowest BCUT2D eigenvalue weighted by Crippen LogP contribution is -2.02. The maximum atomic E-state index is 7.57. The quantitative estimate of drug-likeness (QED) is 0.271. The standard InChI is InChI=1S/C2H6O.CHN.H4N2/c1-2-3;2*1-2/h3H,2H2,1H3;1H;1-2H2. The second-order valence-electron chi connectivity index (χ2n) is 0.316. The summed E-state index contributed by atoms with van der Waals surface area (Å²) in [5.74, 6) is 8.00. The highest BCUT2D eigenvalue weighted by Crippen LogP contribution is 1.30. The van der Waals surface area contributed by atoms with Crippen molar-refractivity contribution in [2.75, 3.05) is 6.61 Å². The smallest absolute Gasteiger partial charge is 0.0462 e. The van der Waals surface area contributed by atoms with Gasteiger partial charge in [0.1, 0.15) is 0 Å². The Labute approximate surface area is 43.3 Å². The number of aliphatic hydroxyl groups is 1. The molecular weight excluding hydrogens is 94.1 g/mol. The molecule has 4 nitrogen and oxygen atoms in total. The summed E-state index contributed by atoms with van der Waals surface area (Å²) < 4.78 is 0. The van der Waals surface area contributed by atoms with Gasteiger partial charge in [0.25, 0.3) is 0 Å². The number of hydrazine groups is 1. The number of hydrogen-bond donors (Lipinski definition) is 3. The van der Waals surface area contributed by atoms with Gasteiger partial charge >= 0.3 is 0 Å². The second-order valence-corrected chi connectivity index (χ2v) is 0.316. The number of nitriles is 1. The van der Waals surface area contributed by atoms with Gasteiger partial charge in [0.2, 0.25) is 0 Å². The highest BCUT2D eigenvalue weighted by molar-refractivity contribution is 4.03. The summed E-state index contributed by atoms with van der Waals surface area (Å²) in [6.07, 6.45) is 0. The fraction of sp³-hybridized carbons (Fsp3) is 0.667. The zero-order chi connectivity index (χ0) is 6.71. The number of aliphatic hydroxyl groups excluding tert-OH is 1. The lowest BCUT2D eigenvalue weighted by atomic mass is 10.9. The molecule has 0 aliphatic heterocycles. The first kappa shape index (κ1) is 16.2. The number of nitrogens with two attached hydrogens (primary N) is 2. The molecule has 0 aliphatic rings. The number of rotatable bonds is 0. The first-order valence-corrected chi connectivity index (χ1v) is 1.61. The Morgan fingerprint density at radius 3 is 1.57 bits per heavy atom. The predicted octanol–water partition coefficient (Wildman–Crippen LogP) is -1.04. The van der Waals surface area contributed by atoms with Crippen LogP contribution in [0.4, 0.5) is 0 Å². The minimum absolute atomic E-state index is 0.250. The van der Waals surface area contributed by atoms with Gasteiger partial charge in [-0.3, -0.25) is 11.7 Å². The van der Waals surface area contributed by atoms with Crippen LogP contribution in [-0.2, 0) is 0 Å². The Morgan fingerprint density at radius 1 is 1.57 bits per heavy atom. The van der Waals surface area contributed by atoms with E-state index in [1.807, 2.05) is 0 Å². The topological polar surface area (TPSA) is 96.1 Å². The van der Waals surface area contributed by atoms with E-state index in [9.17, 15) is 0 Å². The zero-order valence-electron chi connectivity index (χ0n) is 4.33. The minimum Gasteiger partial charge on any atom is -0.397 e. The van der Waals surface area contributed by atoms with Crippen LogP contribution < -0.4 is 11.7 Å². The Kier molecular flexibility index (Phi) is 1730. The summed E-state index contributed by atoms with van der Waals surface area (Å²) in [6.45, 7) is 5.43. The van der Waals surface area contributed by atoms with E-state index >= 15 is 0 Å². The lowest BCUT2D eigenvalue weighted by Gasteiger charge is -1.52. The molecule has 0 aromatic rings. The average Bonchev–Trinajstić information content (AvgIpc) is 1.78. The molecule has 7 heavy (non-hydrogen) atoms. The maximum Gasteiger partial charge on any atom is 0.0462 e. The van der Waals surface area contributed by atoms with Crippen LogP contribution in [0.1, 0.15) is 6.92 Å². The molecule has 0 saturated heterocycles. The van der Waals surface area contributed by atoms with Crippen LogP contribution in [0.25, 0.3) is 0 Å². The molecule has 0 bridgehead atoms. The molecule has 0 atom stereocenters. The monoisotopic (exact) mass is 105 g/mol. The molecule has 0 heterocycles. The van der Waals surface area contributed by atoms with Crippen LogP contribution in [0.2, 0.25) is 0 Å². The van der Waals surface area contributed by atoms with E-state index in [-0.39, 0.29) is 6.61 Å². The molecule has 0 unspecified atom stereocenters. The summed E-state index contributed by atoms with van der Waals surface area (Å²) in [5.41, 5.74) is 0. The molecule has 0 spiro atoms. The predicted molar refractivity (Wildman–Crippen MR) is 27.8 cm³/mol.